The third-order valence-electron chi connectivity index (χ3n) is 12.0. The van der Waals surface area contributed by atoms with E-state index in [1.807, 2.05) is 45.9 Å². The minimum atomic E-state index is -5.19. The number of nitrogens with one attached hydrogen (secondary N) is 7. The van der Waals surface area contributed by atoms with Gasteiger partial charge >= 0.3 is 29.6 Å². The molecular weight excluding hydrogens is 926 g/mol. The van der Waals surface area contributed by atoms with Crippen molar-refractivity contribution in [2.75, 3.05) is 27.3 Å². The van der Waals surface area contributed by atoms with Gasteiger partial charge in [0, 0.05) is 59.1 Å². The van der Waals surface area contributed by atoms with Crippen LogP contribution in [0.5, 0.6) is 11.5 Å². The van der Waals surface area contributed by atoms with E-state index in [-0.39, 0.29) is 102 Å². The molecule has 1 unspecified atom stereocenters. The zero-order valence-corrected chi connectivity index (χ0v) is 42.8. The first-order valence-electron chi connectivity index (χ1n) is 22.6. The van der Waals surface area contributed by atoms with Gasteiger partial charge in [0.25, 0.3) is 5.91 Å². The van der Waals surface area contributed by atoms with Crippen molar-refractivity contribution < 1.29 is 90.7 Å². The van der Waals surface area contributed by atoms with Crippen molar-refractivity contribution >= 4 is 73.5 Å². The van der Waals surface area contributed by atoms with Gasteiger partial charge in [-0.05, 0) is 86.8 Å². The van der Waals surface area contributed by atoms with Crippen molar-refractivity contribution in [1.29, 1.82) is 0 Å². The van der Waals surface area contributed by atoms with Crippen LogP contribution in [0.2, 0.25) is 0 Å². The molecule has 2 fully saturated rings. The van der Waals surface area contributed by atoms with Gasteiger partial charge in [0.05, 0.1) is 32.0 Å². The Labute approximate surface area is 423 Å². The second kappa shape index (κ2) is 25.5. The Morgan fingerprint density at radius 1 is 0.783 bits per heavy atom. The molecule has 7 atom stereocenters. The van der Waals surface area contributed by atoms with Gasteiger partial charge in [0.2, 0.25) is 23.6 Å². The Morgan fingerprint density at radius 3 is 1.78 bits per heavy atom. The number of benzene rings is 2. The molecule has 4 aromatic rings. The largest absolute Gasteiger partial charge is 1.00 e. The minimum Gasteiger partial charge on any atom is -0.746 e. The fourth-order valence-corrected chi connectivity index (χ4v) is 9.12. The van der Waals surface area contributed by atoms with Crippen LogP contribution in [0.3, 0.4) is 0 Å². The second-order valence-electron chi connectivity index (χ2n) is 18.1. The van der Waals surface area contributed by atoms with E-state index >= 15 is 0 Å². The number of carbonyl (C=O) groups excluding carboxylic acids is 7. The number of H-pyrrole nitrogens is 2. The number of amides is 5. The van der Waals surface area contributed by atoms with Gasteiger partial charge in [-0.1, -0.05) is 39.8 Å². The van der Waals surface area contributed by atoms with Gasteiger partial charge < -0.3 is 60.5 Å². The SMILES string of the molecule is COc1cccc2[nH]c(C(=O)C[C@@H](CC(C)C)C(=O)N[C@H](C=O)C[C@@H]3CCNC3=O)cc12.COc1cccc2[nH]c(C(=O)N[C@@H](CC(C)C)C(=O)N[C@@H](C[C@@H]3CCNC3=O)C(O)S(=O)(=O)[O-])cc12.[Na+]. The van der Waals surface area contributed by atoms with E-state index in [0.29, 0.717) is 66.7 Å². The molecule has 0 bridgehead atoms. The summed E-state index contributed by atoms with van der Waals surface area (Å²) in [7, 11) is -2.11. The smallest absolute Gasteiger partial charge is 0.746 e. The number of aliphatic hydroxyl groups excluding tert-OH is 1. The summed E-state index contributed by atoms with van der Waals surface area (Å²) in [4.78, 5) is 93.6. The van der Waals surface area contributed by atoms with Crippen LogP contribution in [0.25, 0.3) is 21.8 Å². The maximum atomic E-state index is 13.2. The monoisotopic (exact) mass is 987 g/mol. The molecular formula is C47H62N7NaO13S. The number of hydrogen-bond acceptors (Lipinski definition) is 13. The van der Waals surface area contributed by atoms with Crippen LogP contribution in [0.15, 0.2) is 48.5 Å². The Morgan fingerprint density at radius 2 is 1.30 bits per heavy atom. The molecule has 20 nitrogen and oxygen atoms in total. The molecule has 2 saturated heterocycles. The molecule has 0 saturated carbocycles. The summed E-state index contributed by atoms with van der Waals surface area (Å²) < 4.78 is 45.2. The number of methoxy groups -OCH3 is 2. The summed E-state index contributed by atoms with van der Waals surface area (Å²) in [5, 5.41) is 24.7. The molecule has 0 spiro atoms. The summed E-state index contributed by atoms with van der Waals surface area (Å²) in [6.45, 7) is 8.58. The fraction of sp³-hybridized carbons (Fsp3) is 0.511. The molecule has 22 heteroatoms. The molecule has 2 aliphatic heterocycles. The molecule has 4 heterocycles. The van der Waals surface area contributed by atoms with Gasteiger partial charge in [0.1, 0.15) is 39.6 Å². The number of aliphatic hydroxyl groups is 1. The normalized spacial score (nSPS) is 17.9. The Hall–Kier alpha value is -5.32. The number of aromatic amines is 2. The standard InChI is InChI=1S/C24H31N3O5.C23H32N4O8S.Na/c1-14(2)9-16(24(31)26-17(13-28)10-15-7-8-25-23(15)30)11-21(29)20-12-18-19(27-20)5-4-6-22(18)32-3;1-12(2)9-16(26-22(30)17-11-14-15(25-17)5-4-6-19(14)35-3)21(29)27-18(23(31)36(32,33)34)10-13-7-8-24-20(13)28;/h4-6,12-17,27H,7-11H2,1-3H3,(H,25,30)(H,26,31);4-6,11-13,16,18,23,25,31H,7-10H2,1-3H3,(H,24,28)(H,26,30)(H,27,29)(H,32,33,34);/q;;+1/p-1/t15-,16+,17-;13-,16-,18-,23?;/m00./s1. The molecule has 5 amide bonds. The topological polar surface area (TPSA) is 307 Å². The number of ketones is 1. The van der Waals surface area contributed by atoms with Gasteiger partial charge in [-0.25, -0.2) is 8.42 Å². The van der Waals surface area contributed by atoms with E-state index in [9.17, 15) is 51.6 Å². The predicted octanol–water partition coefficient (Wildman–Crippen LogP) is -0.179. The third-order valence-corrected chi connectivity index (χ3v) is 12.9. The number of ether oxygens (including phenoxy) is 2. The maximum Gasteiger partial charge on any atom is 1.00 e. The Balaban J connectivity index is 0.000000298. The van der Waals surface area contributed by atoms with Crippen LogP contribution in [0.1, 0.15) is 93.6 Å². The average molecular weight is 988 g/mol. The van der Waals surface area contributed by atoms with E-state index in [1.165, 1.54) is 7.11 Å². The van der Waals surface area contributed by atoms with Crippen molar-refractivity contribution in [1.82, 2.24) is 36.6 Å². The first-order valence-corrected chi connectivity index (χ1v) is 24.1. The summed E-state index contributed by atoms with van der Waals surface area (Å²) in [6.07, 6.45) is 2.43. The van der Waals surface area contributed by atoms with Crippen LogP contribution in [0, 0.1) is 29.6 Å². The van der Waals surface area contributed by atoms with Crippen molar-refractivity contribution in [3.8, 4) is 11.5 Å². The van der Waals surface area contributed by atoms with Crippen molar-refractivity contribution in [3.05, 3.63) is 59.9 Å². The van der Waals surface area contributed by atoms with Crippen LogP contribution in [0.4, 0.5) is 0 Å². The van der Waals surface area contributed by atoms with E-state index in [2.05, 4.69) is 36.6 Å². The molecule has 69 heavy (non-hydrogen) atoms. The number of Topliss-reactive ketones (excluding diaryl/α,β-unsaturated/α-hetero) is 1. The van der Waals surface area contributed by atoms with Crippen LogP contribution in [-0.2, 0) is 34.1 Å². The molecule has 2 aromatic heterocycles. The van der Waals surface area contributed by atoms with Gasteiger partial charge in [0.15, 0.2) is 11.2 Å². The third kappa shape index (κ3) is 15.3. The quantitative estimate of drug-likeness (QED) is 0.0220. The Bertz CT molecular complexity index is 2580. The minimum absolute atomic E-state index is 0. The van der Waals surface area contributed by atoms with E-state index < -0.39 is 57.3 Å². The van der Waals surface area contributed by atoms with Gasteiger partial charge in [-0.2, -0.15) is 0 Å². The van der Waals surface area contributed by atoms with Crippen molar-refractivity contribution in [2.45, 2.75) is 96.2 Å². The fourth-order valence-electron chi connectivity index (χ4n) is 8.54. The van der Waals surface area contributed by atoms with E-state index in [4.69, 9.17) is 9.47 Å². The summed E-state index contributed by atoms with van der Waals surface area (Å²) in [6, 6.07) is 10.7. The van der Waals surface area contributed by atoms with E-state index in [0.717, 1.165) is 10.9 Å². The van der Waals surface area contributed by atoms with Crippen molar-refractivity contribution in [3.63, 3.8) is 0 Å². The molecule has 370 valence electrons. The first kappa shape index (κ1) is 56.3. The number of carbonyl (C=O) groups is 7. The Kier molecular flexibility index (Phi) is 20.8. The van der Waals surface area contributed by atoms with Gasteiger partial charge in [-0.15, -0.1) is 0 Å². The number of aromatic nitrogens is 2. The van der Waals surface area contributed by atoms with E-state index in [1.54, 1.807) is 37.4 Å². The number of aldehydes is 1. The van der Waals surface area contributed by atoms with Crippen LogP contribution >= 0.6 is 0 Å². The number of rotatable bonds is 22. The van der Waals surface area contributed by atoms with Crippen LogP contribution < -0.4 is 65.6 Å². The maximum absolute atomic E-state index is 13.2. The summed E-state index contributed by atoms with van der Waals surface area (Å²) in [5.74, 6) is -2.48. The summed E-state index contributed by atoms with van der Waals surface area (Å²) >= 11 is 0. The second-order valence-corrected chi connectivity index (χ2v) is 19.6. The molecule has 6 rings (SSSR count). The van der Waals surface area contributed by atoms with Crippen LogP contribution in [-0.4, -0.2) is 121 Å². The first-order chi connectivity index (χ1) is 32.2. The average Bonchev–Trinajstić information content (AvgIpc) is 4.11. The summed E-state index contributed by atoms with van der Waals surface area (Å²) in [5.41, 5.74) is -0.416. The zero-order valence-electron chi connectivity index (χ0n) is 40.0. The molecule has 0 aliphatic carbocycles. The zero-order chi connectivity index (χ0) is 49.9. The predicted molar refractivity (Wildman–Crippen MR) is 249 cm³/mol. The molecule has 2 aromatic carbocycles. The van der Waals surface area contributed by atoms with Crippen molar-refractivity contribution in [2.24, 2.45) is 29.6 Å². The number of hydrogen-bond donors (Lipinski definition) is 8. The number of fused-ring (bicyclic) bond motifs is 2. The molecule has 0 radical (unpaired) electrons. The van der Waals surface area contributed by atoms with Gasteiger partial charge in [-0.3, -0.25) is 28.8 Å². The molecule has 8 N–H and O–H groups in total. The molecule has 2 aliphatic rings.